The molecule has 0 heterocycles. The third-order valence-electron chi connectivity index (χ3n) is 3.21. The Morgan fingerprint density at radius 3 is 2.68 bits per heavy atom. The van der Waals surface area contributed by atoms with Crippen molar-refractivity contribution in [3.63, 3.8) is 0 Å². The Hall–Kier alpha value is -0.770. The number of hydrogen-bond acceptors (Lipinski definition) is 3. The molecular weight excluding hydrogens is 262 g/mol. The van der Waals surface area contributed by atoms with Gasteiger partial charge >= 0.3 is 0 Å². The first-order chi connectivity index (χ1) is 8.69. The smallest absolute Gasteiger partial charge is 0.122 e. The fraction of sp³-hybridized carbons (Fsp3) is 0.600. The van der Waals surface area contributed by atoms with Gasteiger partial charge in [0.15, 0.2) is 0 Å². The molecule has 0 spiro atoms. The minimum atomic E-state index is 0. The van der Waals surface area contributed by atoms with Crippen molar-refractivity contribution in [2.24, 2.45) is 11.7 Å². The van der Waals surface area contributed by atoms with Gasteiger partial charge in [-0.15, -0.1) is 12.4 Å². The summed E-state index contributed by atoms with van der Waals surface area (Å²) in [4.78, 5) is 0. The largest absolute Gasteiger partial charge is 0.496 e. The fourth-order valence-corrected chi connectivity index (χ4v) is 2.06. The van der Waals surface area contributed by atoms with Crippen molar-refractivity contribution in [2.75, 3.05) is 13.7 Å². The summed E-state index contributed by atoms with van der Waals surface area (Å²) in [5.74, 6) is 1.73. The number of nitrogens with two attached hydrogens (primary N) is 1. The van der Waals surface area contributed by atoms with Crippen LogP contribution in [-0.4, -0.2) is 19.8 Å². The average Bonchev–Trinajstić information content (AvgIpc) is 3.13. The summed E-state index contributed by atoms with van der Waals surface area (Å²) in [5.41, 5.74) is 8.23. The zero-order valence-electron chi connectivity index (χ0n) is 11.7. The van der Waals surface area contributed by atoms with E-state index >= 15 is 0 Å². The van der Waals surface area contributed by atoms with Gasteiger partial charge in [-0.3, -0.25) is 0 Å². The first-order valence-electron chi connectivity index (χ1n) is 6.68. The second-order valence-corrected chi connectivity index (χ2v) is 5.29. The number of ether oxygens (including phenoxy) is 2. The molecule has 1 aromatic rings. The van der Waals surface area contributed by atoms with Crippen LogP contribution >= 0.6 is 12.4 Å². The lowest BCUT2D eigenvalue weighted by Gasteiger charge is -2.13. The maximum Gasteiger partial charge on any atom is 0.122 e. The van der Waals surface area contributed by atoms with Crippen molar-refractivity contribution < 1.29 is 9.47 Å². The fourth-order valence-electron chi connectivity index (χ4n) is 2.06. The van der Waals surface area contributed by atoms with Gasteiger partial charge in [0.1, 0.15) is 5.75 Å². The lowest BCUT2D eigenvalue weighted by Crippen LogP contribution is -2.18. The maximum atomic E-state index is 5.86. The number of rotatable bonds is 7. The van der Waals surface area contributed by atoms with Crippen LogP contribution in [0.4, 0.5) is 0 Å². The average molecular weight is 286 g/mol. The highest BCUT2D eigenvalue weighted by Gasteiger charge is 2.21. The number of methoxy groups -OCH3 is 1. The van der Waals surface area contributed by atoms with Crippen molar-refractivity contribution in [2.45, 2.75) is 38.8 Å². The van der Waals surface area contributed by atoms with Gasteiger partial charge in [0.25, 0.3) is 0 Å². The van der Waals surface area contributed by atoms with E-state index in [0.29, 0.717) is 6.61 Å². The second kappa shape index (κ2) is 7.73. The van der Waals surface area contributed by atoms with E-state index < -0.39 is 0 Å². The van der Waals surface area contributed by atoms with Crippen LogP contribution in [0.2, 0.25) is 0 Å². The van der Waals surface area contributed by atoms with Crippen LogP contribution in [0.3, 0.4) is 0 Å². The van der Waals surface area contributed by atoms with Crippen molar-refractivity contribution in [3.05, 3.63) is 29.3 Å². The summed E-state index contributed by atoms with van der Waals surface area (Å²) >= 11 is 0. The molecule has 1 atom stereocenters. The van der Waals surface area contributed by atoms with Crippen molar-refractivity contribution in [1.82, 2.24) is 0 Å². The van der Waals surface area contributed by atoms with Gasteiger partial charge in [-0.1, -0.05) is 6.07 Å². The quantitative estimate of drug-likeness (QED) is 0.838. The molecule has 1 aliphatic carbocycles. The lowest BCUT2D eigenvalue weighted by atomic mass is 10.0. The van der Waals surface area contributed by atoms with Crippen LogP contribution < -0.4 is 10.5 Å². The Morgan fingerprint density at radius 2 is 2.11 bits per heavy atom. The monoisotopic (exact) mass is 285 g/mol. The second-order valence-electron chi connectivity index (χ2n) is 5.29. The molecule has 1 unspecified atom stereocenters. The van der Waals surface area contributed by atoms with E-state index in [9.17, 15) is 0 Å². The van der Waals surface area contributed by atoms with Crippen molar-refractivity contribution >= 4 is 12.4 Å². The van der Waals surface area contributed by atoms with Crippen LogP contribution in [0, 0.1) is 5.92 Å². The normalized spacial score (nSPS) is 15.7. The van der Waals surface area contributed by atoms with Crippen LogP contribution in [0.1, 0.15) is 30.9 Å². The Bertz CT molecular complexity index is 392. The standard InChI is InChI=1S/C15H23NO2.ClH/c1-11(16)7-14-8-13(5-6-15(14)17-2)10-18-9-12-3-4-12;/h5-6,8,11-12H,3-4,7,9-10,16H2,1-2H3;1H. The van der Waals surface area contributed by atoms with E-state index in [0.717, 1.165) is 24.7 Å². The molecule has 19 heavy (non-hydrogen) atoms. The predicted molar refractivity (Wildman–Crippen MR) is 80.0 cm³/mol. The minimum Gasteiger partial charge on any atom is -0.496 e. The highest BCUT2D eigenvalue weighted by molar-refractivity contribution is 5.85. The third kappa shape index (κ3) is 5.39. The van der Waals surface area contributed by atoms with Crippen LogP contribution in [0.5, 0.6) is 5.75 Å². The Morgan fingerprint density at radius 1 is 1.37 bits per heavy atom. The predicted octanol–water partition coefficient (Wildman–Crippen LogP) is 2.93. The highest BCUT2D eigenvalue weighted by Crippen LogP contribution is 2.29. The molecule has 1 saturated carbocycles. The van der Waals surface area contributed by atoms with Gasteiger partial charge in [0, 0.05) is 12.6 Å². The molecule has 0 radical (unpaired) electrons. The summed E-state index contributed by atoms with van der Waals surface area (Å²) in [6.45, 7) is 3.59. The van der Waals surface area contributed by atoms with Crippen LogP contribution in [-0.2, 0) is 17.8 Å². The van der Waals surface area contributed by atoms with E-state index in [4.69, 9.17) is 15.2 Å². The van der Waals surface area contributed by atoms with E-state index in [2.05, 4.69) is 12.1 Å². The van der Waals surface area contributed by atoms with E-state index in [1.54, 1.807) is 7.11 Å². The van der Waals surface area contributed by atoms with Gasteiger partial charge in [0.05, 0.1) is 13.7 Å². The molecule has 2 N–H and O–H groups in total. The Balaban J connectivity index is 0.00000180. The molecule has 1 aromatic carbocycles. The zero-order valence-corrected chi connectivity index (χ0v) is 12.5. The zero-order chi connectivity index (χ0) is 13.0. The molecule has 0 bridgehead atoms. The molecule has 0 saturated heterocycles. The first kappa shape index (κ1) is 16.3. The Labute approximate surface area is 121 Å². The third-order valence-corrected chi connectivity index (χ3v) is 3.21. The topological polar surface area (TPSA) is 44.5 Å². The van der Waals surface area contributed by atoms with Crippen LogP contribution in [0.15, 0.2) is 18.2 Å². The SMILES string of the molecule is COc1ccc(COCC2CC2)cc1CC(C)N.Cl. The molecule has 1 aliphatic rings. The Kier molecular flexibility index (Phi) is 6.63. The number of halogens is 1. The number of hydrogen-bond donors (Lipinski definition) is 1. The molecule has 3 nitrogen and oxygen atoms in total. The van der Waals surface area contributed by atoms with Crippen LogP contribution in [0.25, 0.3) is 0 Å². The van der Waals surface area contributed by atoms with E-state index in [1.807, 2.05) is 13.0 Å². The number of benzene rings is 1. The highest BCUT2D eigenvalue weighted by atomic mass is 35.5. The molecule has 4 heteroatoms. The molecule has 0 aromatic heterocycles. The van der Waals surface area contributed by atoms with Gasteiger partial charge in [0.2, 0.25) is 0 Å². The summed E-state index contributed by atoms with van der Waals surface area (Å²) in [5, 5.41) is 0. The summed E-state index contributed by atoms with van der Waals surface area (Å²) < 4.78 is 11.1. The molecule has 0 amide bonds. The summed E-state index contributed by atoms with van der Waals surface area (Å²) in [6, 6.07) is 6.36. The molecule has 108 valence electrons. The summed E-state index contributed by atoms with van der Waals surface area (Å²) in [6.07, 6.45) is 3.50. The van der Waals surface area contributed by atoms with E-state index in [-0.39, 0.29) is 18.4 Å². The van der Waals surface area contributed by atoms with Gasteiger partial charge in [-0.25, -0.2) is 0 Å². The van der Waals surface area contributed by atoms with Crippen molar-refractivity contribution in [1.29, 1.82) is 0 Å². The van der Waals surface area contributed by atoms with Crippen molar-refractivity contribution in [3.8, 4) is 5.75 Å². The molecule has 0 aliphatic heterocycles. The molecular formula is C15H24ClNO2. The van der Waals surface area contributed by atoms with Gasteiger partial charge < -0.3 is 15.2 Å². The lowest BCUT2D eigenvalue weighted by molar-refractivity contribution is 0.111. The molecule has 1 fully saturated rings. The summed E-state index contributed by atoms with van der Waals surface area (Å²) in [7, 11) is 1.70. The minimum absolute atomic E-state index is 0. The molecule has 2 rings (SSSR count). The van der Waals surface area contributed by atoms with Gasteiger partial charge in [-0.05, 0) is 55.4 Å². The first-order valence-corrected chi connectivity index (χ1v) is 6.68. The van der Waals surface area contributed by atoms with Gasteiger partial charge in [-0.2, -0.15) is 0 Å². The van der Waals surface area contributed by atoms with E-state index in [1.165, 1.54) is 24.0 Å². The maximum absolute atomic E-state index is 5.86.